The van der Waals surface area contributed by atoms with Crippen LogP contribution in [0.3, 0.4) is 0 Å². The number of nitrogens with one attached hydrogen (secondary N) is 1. The lowest BCUT2D eigenvalue weighted by molar-refractivity contribution is -0.142. The average Bonchev–Trinajstić information content (AvgIpc) is 3.04. The van der Waals surface area contributed by atoms with Crippen LogP contribution in [0.2, 0.25) is 10.0 Å². The maximum absolute atomic E-state index is 12.9. The fourth-order valence-corrected chi connectivity index (χ4v) is 6.65. The van der Waals surface area contributed by atoms with Crippen molar-refractivity contribution in [2.75, 3.05) is 30.8 Å². The minimum atomic E-state index is -0.366. The first-order valence-electron chi connectivity index (χ1n) is 15.7. The third-order valence-corrected chi connectivity index (χ3v) is 9.47. The molecule has 1 aliphatic rings. The van der Waals surface area contributed by atoms with Crippen molar-refractivity contribution in [3.05, 3.63) is 85.8 Å². The van der Waals surface area contributed by atoms with Gasteiger partial charge < -0.3 is 20.5 Å². The number of nitrogens with zero attached hydrogens (tertiary/aromatic N) is 1. The van der Waals surface area contributed by atoms with E-state index in [1.165, 1.54) is 32.1 Å². The smallest absolute Gasteiger partial charge is 0.338 e. The summed E-state index contributed by atoms with van der Waals surface area (Å²) in [6, 6.07) is 16.9. The van der Waals surface area contributed by atoms with Crippen LogP contribution in [0.5, 0.6) is 0 Å². The molecule has 0 aromatic heterocycles. The molecule has 7 nitrogen and oxygen atoms in total. The Morgan fingerprint density at radius 2 is 1.61 bits per heavy atom. The third-order valence-electron chi connectivity index (χ3n) is 8.18. The van der Waals surface area contributed by atoms with Crippen molar-refractivity contribution >= 4 is 80.5 Å². The number of anilines is 3. The number of hydrogen-bond donors (Lipinski definition) is 2. The quantitative estimate of drug-likeness (QED) is 0.0907. The lowest BCUT2D eigenvalue weighted by Crippen LogP contribution is -2.36. The number of ether oxygens (including phenoxy) is 2. The van der Waals surface area contributed by atoms with Crippen LogP contribution in [0.1, 0.15) is 79.8 Å². The highest BCUT2D eigenvalue weighted by Crippen LogP contribution is 2.34. The summed E-state index contributed by atoms with van der Waals surface area (Å²) in [7, 11) is 0. The molecule has 0 heterocycles. The minimum Gasteiger partial charge on any atom is -0.465 e. The van der Waals surface area contributed by atoms with Crippen molar-refractivity contribution in [1.82, 2.24) is 4.90 Å². The summed E-state index contributed by atoms with van der Waals surface area (Å²) in [6.45, 7) is 4.41. The van der Waals surface area contributed by atoms with E-state index < -0.39 is 0 Å². The van der Waals surface area contributed by atoms with Crippen molar-refractivity contribution in [2.24, 2.45) is 0 Å². The summed E-state index contributed by atoms with van der Waals surface area (Å²) < 4.78 is 11.7. The second kappa shape index (κ2) is 19.4. The number of para-hydroxylation sites is 2. The van der Waals surface area contributed by atoms with Crippen LogP contribution in [0.4, 0.5) is 17.1 Å². The van der Waals surface area contributed by atoms with Gasteiger partial charge in [-0.1, -0.05) is 73.7 Å². The molecular formula is C35H43BrCl3N3O4. The molecule has 46 heavy (non-hydrogen) atoms. The van der Waals surface area contributed by atoms with Crippen LogP contribution < -0.4 is 11.1 Å². The SMILES string of the molecule is CCN(Cc1cc(C(=O)OCCCCCOC(=O)Cc2ccccc2Nc2c(Cl)cccc2Cl)cc(Br)c1N)C1CCCCC1.Cl. The van der Waals surface area contributed by atoms with Crippen LogP contribution >= 0.6 is 51.5 Å². The molecule has 3 aromatic rings. The average molecular weight is 756 g/mol. The van der Waals surface area contributed by atoms with E-state index in [0.29, 0.717) is 63.5 Å². The molecule has 1 fully saturated rings. The van der Waals surface area contributed by atoms with Gasteiger partial charge in [0, 0.05) is 22.7 Å². The third kappa shape index (κ3) is 11.1. The van der Waals surface area contributed by atoms with Crippen molar-refractivity contribution in [3.8, 4) is 0 Å². The number of nitrogen functional groups attached to an aromatic ring is 1. The first-order chi connectivity index (χ1) is 21.8. The Kier molecular flexibility index (Phi) is 16.0. The van der Waals surface area contributed by atoms with E-state index in [2.05, 4.69) is 33.1 Å². The number of hydrogen-bond acceptors (Lipinski definition) is 7. The lowest BCUT2D eigenvalue weighted by atomic mass is 9.93. The van der Waals surface area contributed by atoms with Crippen molar-refractivity contribution in [2.45, 2.75) is 77.3 Å². The second-order valence-electron chi connectivity index (χ2n) is 11.4. The molecule has 0 aliphatic heterocycles. The van der Waals surface area contributed by atoms with E-state index in [4.69, 9.17) is 38.4 Å². The van der Waals surface area contributed by atoms with Gasteiger partial charge in [0.15, 0.2) is 0 Å². The summed E-state index contributed by atoms with van der Waals surface area (Å²) in [6.07, 6.45) is 8.47. The summed E-state index contributed by atoms with van der Waals surface area (Å²) in [4.78, 5) is 27.9. The standard InChI is InChI=1S/C35H42BrCl2N3O4.ClH/c1-2-41(27-13-5-3-6-14-27)23-26-20-25(21-28(36)33(26)39)35(43)45-19-10-4-9-18-44-32(42)22-24-12-7-8-17-31(24)40-34-29(37)15-11-16-30(34)38;/h7-8,11-12,15-17,20-21,27,40H,2-6,9-10,13-14,18-19,22-23,39H2,1H3;1H. The number of carbonyl (C=O) groups is 2. The zero-order chi connectivity index (χ0) is 32.2. The molecule has 3 N–H and O–H groups in total. The Hall–Kier alpha value is -2.49. The van der Waals surface area contributed by atoms with Gasteiger partial charge in [-0.15, -0.1) is 12.4 Å². The molecule has 0 atom stereocenters. The van der Waals surface area contributed by atoms with Gasteiger partial charge in [-0.2, -0.15) is 0 Å². The van der Waals surface area contributed by atoms with E-state index in [1.54, 1.807) is 24.3 Å². The normalized spacial score (nSPS) is 13.2. The van der Waals surface area contributed by atoms with Gasteiger partial charge in [-0.05, 0) is 96.0 Å². The zero-order valence-electron chi connectivity index (χ0n) is 26.2. The fourth-order valence-electron chi connectivity index (χ4n) is 5.66. The predicted molar refractivity (Wildman–Crippen MR) is 194 cm³/mol. The van der Waals surface area contributed by atoms with E-state index in [0.717, 1.165) is 29.8 Å². The van der Waals surface area contributed by atoms with Crippen molar-refractivity contribution in [1.29, 1.82) is 0 Å². The van der Waals surface area contributed by atoms with Gasteiger partial charge in [0.05, 0.1) is 46.6 Å². The maximum Gasteiger partial charge on any atom is 0.338 e. The zero-order valence-corrected chi connectivity index (χ0v) is 30.1. The highest BCUT2D eigenvalue weighted by molar-refractivity contribution is 9.10. The predicted octanol–water partition coefficient (Wildman–Crippen LogP) is 9.77. The molecule has 11 heteroatoms. The van der Waals surface area contributed by atoms with Gasteiger partial charge >= 0.3 is 11.9 Å². The molecule has 0 spiro atoms. The monoisotopic (exact) mass is 753 g/mol. The summed E-state index contributed by atoms with van der Waals surface area (Å²) in [5, 5.41) is 4.22. The fraction of sp³-hybridized carbons (Fsp3) is 0.429. The molecule has 1 aliphatic carbocycles. The van der Waals surface area contributed by atoms with Crippen LogP contribution in [0.15, 0.2) is 59.1 Å². The van der Waals surface area contributed by atoms with Gasteiger partial charge in [-0.25, -0.2) is 4.79 Å². The first kappa shape index (κ1) is 38.0. The minimum absolute atomic E-state index is 0. The summed E-state index contributed by atoms with van der Waals surface area (Å²) in [5.74, 6) is -0.690. The number of carbonyl (C=O) groups excluding carboxylic acids is 2. The molecule has 3 aromatic carbocycles. The summed E-state index contributed by atoms with van der Waals surface area (Å²) in [5.41, 5.74) is 10.6. The lowest BCUT2D eigenvalue weighted by Gasteiger charge is -2.34. The van der Waals surface area contributed by atoms with Crippen LogP contribution in [0.25, 0.3) is 0 Å². The number of nitrogens with two attached hydrogens (primary N) is 1. The van der Waals surface area contributed by atoms with Crippen molar-refractivity contribution in [3.63, 3.8) is 0 Å². The summed E-state index contributed by atoms with van der Waals surface area (Å²) >= 11 is 16.1. The molecule has 4 rings (SSSR count). The Balaban J connectivity index is 0.00000576. The highest BCUT2D eigenvalue weighted by Gasteiger charge is 2.22. The van der Waals surface area contributed by atoms with E-state index in [1.807, 2.05) is 30.3 Å². The molecule has 250 valence electrons. The number of unbranched alkanes of at least 4 members (excludes halogenated alkanes) is 2. The van der Waals surface area contributed by atoms with Crippen molar-refractivity contribution < 1.29 is 19.1 Å². The number of rotatable bonds is 15. The molecule has 0 bridgehead atoms. The van der Waals surface area contributed by atoms with E-state index in [9.17, 15) is 9.59 Å². The van der Waals surface area contributed by atoms with E-state index >= 15 is 0 Å². The van der Waals surface area contributed by atoms with E-state index in [-0.39, 0.29) is 37.4 Å². The van der Waals surface area contributed by atoms with Gasteiger partial charge in [0.1, 0.15) is 0 Å². The second-order valence-corrected chi connectivity index (χ2v) is 13.0. The largest absolute Gasteiger partial charge is 0.465 e. The van der Waals surface area contributed by atoms with Gasteiger partial charge in [-0.3, -0.25) is 9.69 Å². The Morgan fingerprint density at radius 1 is 0.935 bits per heavy atom. The van der Waals surface area contributed by atoms with Gasteiger partial charge in [0.2, 0.25) is 0 Å². The maximum atomic E-state index is 12.9. The first-order valence-corrected chi connectivity index (χ1v) is 17.2. The Labute approximate surface area is 297 Å². The number of benzene rings is 3. The van der Waals surface area contributed by atoms with Gasteiger partial charge in [0.25, 0.3) is 0 Å². The number of esters is 2. The topological polar surface area (TPSA) is 93.9 Å². The Morgan fingerprint density at radius 3 is 2.30 bits per heavy atom. The van der Waals surface area contributed by atoms with Crippen LogP contribution in [-0.2, 0) is 27.2 Å². The Bertz CT molecular complexity index is 1430. The molecular weight excluding hydrogens is 713 g/mol. The molecule has 0 radical (unpaired) electrons. The number of halogens is 4. The molecule has 0 saturated heterocycles. The molecule has 1 saturated carbocycles. The van der Waals surface area contributed by atoms with Crippen LogP contribution in [0, 0.1) is 0 Å². The molecule has 0 amide bonds. The van der Waals surface area contributed by atoms with Crippen LogP contribution in [-0.4, -0.2) is 42.6 Å². The highest BCUT2D eigenvalue weighted by atomic mass is 79.9. The molecule has 0 unspecified atom stereocenters.